The van der Waals surface area contributed by atoms with Crippen LogP contribution in [0, 0.1) is 11.3 Å². The smallest absolute Gasteiger partial charge is 0.289 e. The Morgan fingerprint density at radius 3 is 2.84 bits per heavy atom. The molecule has 1 aliphatic rings. The number of hydrogen-bond donors (Lipinski definition) is 2. The zero-order chi connectivity index (χ0) is 22.2. The molecule has 0 saturated carbocycles. The minimum Gasteiger partial charge on any atom is -0.493 e. The zero-order valence-electron chi connectivity index (χ0n) is 17.1. The molecule has 1 fully saturated rings. The highest BCUT2D eigenvalue weighted by molar-refractivity contribution is 8.18. The molecule has 0 atom stereocenters. The van der Waals surface area contributed by atoms with E-state index < -0.39 is 0 Å². The largest absolute Gasteiger partial charge is 0.493 e. The van der Waals surface area contributed by atoms with Gasteiger partial charge in [-0.1, -0.05) is 24.6 Å². The number of likely N-dealkylation sites (N-methyl/N-ethyl adjacent to an activating group) is 1. The molecule has 0 bridgehead atoms. The molecule has 2 aromatic carbocycles. The van der Waals surface area contributed by atoms with Gasteiger partial charge < -0.3 is 20.1 Å². The van der Waals surface area contributed by atoms with Crippen LogP contribution in [0.15, 0.2) is 46.3 Å². The van der Waals surface area contributed by atoms with Crippen molar-refractivity contribution in [3.05, 3.63) is 57.5 Å². The van der Waals surface area contributed by atoms with Crippen molar-refractivity contribution in [2.45, 2.75) is 6.92 Å². The van der Waals surface area contributed by atoms with Gasteiger partial charge >= 0.3 is 0 Å². The SMILES string of the molecule is CCNCCN=C1NC(=O)S/C1=C\c1ccc(Oc2ccc(C#N)c(Cl)c2)c(OC)c1. The van der Waals surface area contributed by atoms with Gasteiger partial charge in [0.05, 0.1) is 29.1 Å². The van der Waals surface area contributed by atoms with Crippen molar-refractivity contribution in [1.82, 2.24) is 10.6 Å². The summed E-state index contributed by atoms with van der Waals surface area (Å²) in [5.74, 6) is 2.07. The predicted octanol–water partition coefficient (Wildman–Crippen LogP) is 4.82. The molecule has 0 aliphatic carbocycles. The van der Waals surface area contributed by atoms with E-state index in [1.807, 2.05) is 31.2 Å². The van der Waals surface area contributed by atoms with Crippen LogP contribution in [-0.2, 0) is 0 Å². The second-order valence-corrected chi connectivity index (χ2v) is 7.79. The molecule has 1 aliphatic heterocycles. The lowest BCUT2D eigenvalue weighted by Crippen LogP contribution is -2.22. The molecule has 160 valence electrons. The number of nitrogens with one attached hydrogen (secondary N) is 2. The Labute approximate surface area is 190 Å². The van der Waals surface area contributed by atoms with E-state index in [0.717, 1.165) is 35.3 Å². The first-order valence-electron chi connectivity index (χ1n) is 9.55. The third kappa shape index (κ3) is 6.01. The van der Waals surface area contributed by atoms with Gasteiger partial charge in [-0.15, -0.1) is 0 Å². The van der Waals surface area contributed by atoms with E-state index in [1.165, 1.54) is 0 Å². The number of nitriles is 1. The van der Waals surface area contributed by atoms with Crippen LogP contribution in [0.1, 0.15) is 18.1 Å². The summed E-state index contributed by atoms with van der Waals surface area (Å²) in [6, 6.07) is 12.3. The Hall–Kier alpha value is -2.99. The number of amidine groups is 1. The molecule has 1 heterocycles. The van der Waals surface area contributed by atoms with E-state index in [4.69, 9.17) is 26.3 Å². The maximum Gasteiger partial charge on any atom is 0.289 e. The number of aliphatic imine (C=N–C) groups is 1. The first kappa shape index (κ1) is 22.7. The first-order valence-corrected chi connectivity index (χ1v) is 10.7. The molecule has 2 aromatic rings. The summed E-state index contributed by atoms with van der Waals surface area (Å²) < 4.78 is 11.3. The Bertz CT molecular complexity index is 1080. The van der Waals surface area contributed by atoms with Crippen LogP contribution in [0.5, 0.6) is 17.2 Å². The lowest BCUT2D eigenvalue weighted by atomic mass is 10.1. The Balaban J connectivity index is 1.81. The molecule has 2 N–H and O–H groups in total. The lowest BCUT2D eigenvalue weighted by Gasteiger charge is -2.12. The molecule has 1 saturated heterocycles. The topological polar surface area (TPSA) is 95.7 Å². The number of carbonyl (C=O) groups excluding carboxylic acids is 1. The normalized spacial score (nSPS) is 15.7. The Morgan fingerprint density at radius 1 is 1.29 bits per heavy atom. The van der Waals surface area contributed by atoms with Crippen molar-refractivity contribution in [2.75, 3.05) is 26.7 Å². The number of methoxy groups -OCH3 is 1. The summed E-state index contributed by atoms with van der Waals surface area (Å²) in [6.07, 6.45) is 1.87. The van der Waals surface area contributed by atoms with E-state index in [-0.39, 0.29) is 5.24 Å². The molecular weight excluding hydrogens is 436 g/mol. The summed E-state index contributed by atoms with van der Waals surface area (Å²) in [5, 5.41) is 15.1. The summed E-state index contributed by atoms with van der Waals surface area (Å²) in [4.78, 5) is 17.1. The minimum atomic E-state index is -0.155. The van der Waals surface area contributed by atoms with Crippen LogP contribution < -0.4 is 20.1 Å². The Morgan fingerprint density at radius 2 is 2.13 bits per heavy atom. The van der Waals surface area contributed by atoms with Gasteiger partial charge in [0.2, 0.25) is 0 Å². The van der Waals surface area contributed by atoms with Gasteiger partial charge in [-0.2, -0.15) is 5.26 Å². The van der Waals surface area contributed by atoms with Crippen molar-refractivity contribution in [2.24, 2.45) is 4.99 Å². The highest BCUT2D eigenvalue weighted by Gasteiger charge is 2.23. The molecule has 7 nitrogen and oxygen atoms in total. The fourth-order valence-corrected chi connectivity index (χ4v) is 3.72. The predicted molar refractivity (Wildman–Crippen MR) is 124 cm³/mol. The number of ether oxygens (including phenoxy) is 2. The average Bonchev–Trinajstić information content (AvgIpc) is 3.11. The van der Waals surface area contributed by atoms with Gasteiger partial charge in [0.1, 0.15) is 17.7 Å². The van der Waals surface area contributed by atoms with Gasteiger partial charge in [0, 0.05) is 12.6 Å². The Kier molecular flexibility index (Phi) is 7.95. The lowest BCUT2D eigenvalue weighted by molar-refractivity contribution is 0.265. The number of carbonyl (C=O) groups is 1. The maximum absolute atomic E-state index is 11.8. The fraction of sp³-hybridized carbons (Fsp3) is 0.227. The van der Waals surface area contributed by atoms with Crippen LogP contribution in [0.2, 0.25) is 5.02 Å². The number of rotatable bonds is 8. The molecular formula is C22H21ClN4O3S. The molecule has 0 radical (unpaired) electrons. The molecule has 3 rings (SSSR count). The van der Waals surface area contributed by atoms with Crippen LogP contribution in [0.4, 0.5) is 4.79 Å². The van der Waals surface area contributed by atoms with Crippen LogP contribution in [0.3, 0.4) is 0 Å². The molecule has 0 spiro atoms. The van der Waals surface area contributed by atoms with Crippen LogP contribution >= 0.6 is 23.4 Å². The quantitative estimate of drug-likeness (QED) is 0.553. The highest BCUT2D eigenvalue weighted by Crippen LogP contribution is 2.35. The minimum absolute atomic E-state index is 0.155. The van der Waals surface area contributed by atoms with Crippen molar-refractivity contribution in [1.29, 1.82) is 5.26 Å². The van der Waals surface area contributed by atoms with Crippen molar-refractivity contribution in [3.63, 3.8) is 0 Å². The fourth-order valence-electron chi connectivity index (χ4n) is 2.76. The zero-order valence-corrected chi connectivity index (χ0v) is 18.6. The number of nitrogens with zero attached hydrogens (tertiary/aromatic N) is 2. The van der Waals surface area contributed by atoms with E-state index in [0.29, 0.717) is 40.2 Å². The average molecular weight is 457 g/mol. The van der Waals surface area contributed by atoms with Gasteiger partial charge in [0.25, 0.3) is 5.24 Å². The van der Waals surface area contributed by atoms with Crippen LogP contribution in [0.25, 0.3) is 6.08 Å². The van der Waals surface area contributed by atoms with E-state index in [9.17, 15) is 4.79 Å². The standard InChI is InChI=1S/C22H21ClN4O3S/c1-3-25-8-9-26-21-20(31-22(28)27-21)11-14-4-7-18(19(10-14)29-2)30-16-6-5-15(13-24)17(23)12-16/h4-7,10-12,25H,3,8-9H2,1-2H3,(H,26,27,28)/b20-11-. The number of halogens is 1. The number of thioether (sulfide) groups is 1. The second kappa shape index (κ2) is 10.9. The van der Waals surface area contributed by atoms with Gasteiger partial charge in [-0.05, 0) is 54.2 Å². The van der Waals surface area contributed by atoms with Gasteiger partial charge in [-0.3, -0.25) is 9.79 Å². The summed E-state index contributed by atoms with van der Waals surface area (Å²) >= 11 is 7.18. The summed E-state index contributed by atoms with van der Waals surface area (Å²) in [6.45, 7) is 4.22. The van der Waals surface area contributed by atoms with E-state index in [2.05, 4.69) is 15.6 Å². The van der Waals surface area contributed by atoms with E-state index in [1.54, 1.807) is 31.4 Å². The molecule has 1 amide bonds. The van der Waals surface area contributed by atoms with Gasteiger partial charge in [-0.25, -0.2) is 0 Å². The molecule has 0 aromatic heterocycles. The van der Waals surface area contributed by atoms with Crippen molar-refractivity contribution < 1.29 is 14.3 Å². The highest BCUT2D eigenvalue weighted by atomic mass is 35.5. The summed E-state index contributed by atoms with van der Waals surface area (Å²) in [7, 11) is 1.55. The third-order valence-corrected chi connectivity index (χ3v) is 5.37. The molecule has 31 heavy (non-hydrogen) atoms. The second-order valence-electron chi connectivity index (χ2n) is 6.37. The van der Waals surface area contributed by atoms with Crippen molar-refractivity contribution in [3.8, 4) is 23.3 Å². The van der Waals surface area contributed by atoms with E-state index >= 15 is 0 Å². The third-order valence-electron chi connectivity index (χ3n) is 4.24. The van der Waals surface area contributed by atoms with Crippen molar-refractivity contribution >= 4 is 40.5 Å². The number of benzene rings is 2. The number of amides is 1. The molecule has 0 unspecified atom stereocenters. The first-order chi connectivity index (χ1) is 15.0. The molecule has 9 heteroatoms. The maximum atomic E-state index is 11.8. The summed E-state index contributed by atoms with van der Waals surface area (Å²) in [5.41, 5.74) is 1.21. The monoisotopic (exact) mass is 456 g/mol. The van der Waals surface area contributed by atoms with Gasteiger partial charge in [0.15, 0.2) is 11.5 Å². The van der Waals surface area contributed by atoms with Crippen LogP contribution in [-0.4, -0.2) is 37.8 Å². The number of hydrogen-bond acceptors (Lipinski definition) is 7.